The molecule has 3 fully saturated rings. The molecule has 0 radical (unpaired) electrons. The van der Waals surface area contributed by atoms with Crippen molar-refractivity contribution in [1.29, 1.82) is 0 Å². The maximum absolute atomic E-state index is 10.5. The summed E-state index contributed by atoms with van der Waals surface area (Å²) in [5.74, 6) is 0.794. The van der Waals surface area contributed by atoms with Crippen molar-refractivity contribution in [1.82, 2.24) is 14.7 Å². The van der Waals surface area contributed by atoms with Gasteiger partial charge in [0.1, 0.15) is 18.5 Å². The molecule has 2 aliphatic heterocycles. The van der Waals surface area contributed by atoms with E-state index in [-0.39, 0.29) is 0 Å². The van der Waals surface area contributed by atoms with Crippen molar-refractivity contribution in [3.05, 3.63) is 48.8 Å². The van der Waals surface area contributed by atoms with Gasteiger partial charge >= 0.3 is 0 Å². The first kappa shape index (κ1) is 19.3. The topological polar surface area (TPSA) is 59.8 Å². The third-order valence-electron chi connectivity index (χ3n) is 6.70. The summed E-state index contributed by atoms with van der Waals surface area (Å²) in [5.41, 5.74) is 2.34. The Labute approximate surface area is 182 Å². The Morgan fingerprint density at radius 1 is 1.00 bits per heavy atom. The fourth-order valence-electron chi connectivity index (χ4n) is 4.91. The first-order chi connectivity index (χ1) is 15.2. The first-order valence-electron chi connectivity index (χ1n) is 11.5. The van der Waals surface area contributed by atoms with Crippen molar-refractivity contribution in [3.63, 3.8) is 0 Å². The molecule has 3 heterocycles. The summed E-state index contributed by atoms with van der Waals surface area (Å²) < 4.78 is 13.9. The Morgan fingerprint density at radius 3 is 2.58 bits per heavy atom. The summed E-state index contributed by atoms with van der Waals surface area (Å²) in [4.78, 5) is 2.31. The molecular formula is C25H29N3O3. The van der Waals surface area contributed by atoms with Crippen LogP contribution in [0.15, 0.2) is 48.8 Å². The van der Waals surface area contributed by atoms with Crippen molar-refractivity contribution in [3.8, 4) is 16.9 Å². The zero-order valence-electron chi connectivity index (χ0n) is 17.7. The summed E-state index contributed by atoms with van der Waals surface area (Å²) in [5, 5.41) is 17.3. The third-order valence-corrected chi connectivity index (χ3v) is 6.70. The number of benzene rings is 2. The Morgan fingerprint density at radius 2 is 1.77 bits per heavy atom. The number of hydrogen-bond acceptors (Lipinski definition) is 5. The molecule has 31 heavy (non-hydrogen) atoms. The van der Waals surface area contributed by atoms with Crippen molar-refractivity contribution in [2.75, 3.05) is 26.2 Å². The zero-order chi connectivity index (χ0) is 20.8. The molecule has 2 saturated heterocycles. The second-order valence-electron chi connectivity index (χ2n) is 9.30. The smallest absolute Gasteiger partial charge is 0.120 e. The largest absolute Gasteiger partial charge is 0.491 e. The van der Waals surface area contributed by atoms with Gasteiger partial charge in [0.25, 0.3) is 0 Å². The molecule has 1 aliphatic carbocycles. The highest BCUT2D eigenvalue weighted by Crippen LogP contribution is 2.35. The fourth-order valence-corrected chi connectivity index (χ4v) is 4.91. The quantitative estimate of drug-likeness (QED) is 0.634. The summed E-state index contributed by atoms with van der Waals surface area (Å²) in [6.45, 7) is 2.79. The second-order valence-corrected chi connectivity index (χ2v) is 9.30. The predicted octanol–water partition coefficient (Wildman–Crippen LogP) is 3.64. The molecule has 6 heteroatoms. The van der Waals surface area contributed by atoms with Crippen LogP contribution in [0.25, 0.3) is 21.9 Å². The SMILES string of the molecule is OC(COc1ccc2cc(-c3cnn(C4CC4)c3)ccc2c1)CN1C[C@H]2CC[C@@H](C1)O2. The van der Waals surface area contributed by atoms with Crippen molar-refractivity contribution >= 4 is 10.8 Å². The van der Waals surface area contributed by atoms with Crippen LogP contribution < -0.4 is 4.74 Å². The van der Waals surface area contributed by atoms with E-state index in [9.17, 15) is 5.11 Å². The molecule has 2 aromatic carbocycles. The lowest BCUT2D eigenvalue weighted by Crippen LogP contribution is -2.46. The summed E-state index contributed by atoms with van der Waals surface area (Å²) in [7, 11) is 0. The fraction of sp³-hybridized carbons (Fsp3) is 0.480. The van der Waals surface area contributed by atoms with E-state index in [0.717, 1.165) is 42.6 Å². The van der Waals surface area contributed by atoms with Gasteiger partial charge in [-0.2, -0.15) is 5.10 Å². The maximum Gasteiger partial charge on any atom is 0.120 e. The van der Waals surface area contributed by atoms with Gasteiger partial charge in [-0.05, 0) is 60.2 Å². The van der Waals surface area contributed by atoms with Crippen LogP contribution >= 0.6 is 0 Å². The molecule has 2 bridgehead atoms. The Bertz CT molecular complexity index is 1060. The zero-order valence-corrected chi connectivity index (χ0v) is 17.7. The number of morpholine rings is 1. The van der Waals surface area contributed by atoms with E-state index in [1.165, 1.54) is 23.8 Å². The van der Waals surface area contributed by atoms with Crippen molar-refractivity contribution in [2.45, 2.75) is 50.0 Å². The van der Waals surface area contributed by atoms with Gasteiger partial charge in [-0.15, -0.1) is 0 Å². The van der Waals surface area contributed by atoms with E-state index in [0.29, 0.717) is 31.4 Å². The van der Waals surface area contributed by atoms with Crippen LogP contribution in [0.1, 0.15) is 31.7 Å². The molecular weight excluding hydrogens is 390 g/mol. The minimum atomic E-state index is -0.501. The molecule has 162 valence electrons. The average molecular weight is 420 g/mol. The standard InChI is InChI=1S/C25H29N3O3/c29-22(13-27-14-24-7-8-25(15-27)31-24)16-30-23-6-3-17-9-18(1-2-19(17)10-23)20-11-26-28(12-20)21-4-5-21/h1-3,6,9-12,21-22,24-25,29H,4-5,7-8,13-16H2/t22?,24-,25+. The molecule has 6 nitrogen and oxygen atoms in total. The summed E-state index contributed by atoms with van der Waals surface area (Å²) >= 11 is 0. The number of aliphatic hydroxyl groups excluding tert-OH is 1. The van der Waals surface area contributed by atoms with E-state index in [1.54, 1.807) is 0 Å². The minimum absolute atomic E-state index is 0.302. The molecule has 1 aromatic heterocycles. The molecule has 1 saturated carbocycles. The normalized spacial score (nSPS) is 24.5. The number of β-amino-alcohol motifs (C(OH)–C–C–N with tert-alkyl or cyclic N) is 1. The van der Waals surface area contributed by atoms with Crippen LogP contribution in [0.4, 0.5) is 0 Å². The van der Waals surface area contributed by atoms with Crippen LogP contribution in [0.3, 0.4) is 0 Å². The van der Waals surface area contributed by atoms with Crippen molar-refractivity contribution < 1.29 is 14.6 Å². The summed E-state index contributed by atoms with van der Waals surface area (Å²) in [6, 6.07) is 13.2. The molecule has 0 amide bonds. The Balaban J connectivity index is 1.08. The van der Waals surface area contributed by atoms with Gasteiger partial charge in [-0.1, -0.05) is 18.2 Å². The van der Waals surface area contributed by atoms with Gasteiger partial charge in [0.15, 0.2) is 0 Å². The van der Waals surface area contributed by atoms with Crippen LogP contribution in [0.2, 0.25) is 0 Å². The van der Waals surface area contributed by atoms with Gasteiger partial charge in [0, 0.05) is 31.4 Å². The van der Waals surface area contributed by atoms with Crippen LogP contribution in [-0.2, 0) is 4.74 Å². The number of ether oxygens (including phenoxy) is 2. The highest BCUT2D eigenvalue weighted by Gasteiger charge is 2.34. The number of aromatic nitrogens is 2. The van der Waals surface area contributed by atoms with E-state index < -0.39 is 6.10 Å². The summed E-state index contributed by atoms with van der Waals surface area (Å²) in [6.07, 6.45) is 9.08. The molecule has 3 aromatic rings. The molecule has 6 rings (SSSR count). The number of nitrogens with zero attached hydrogens (tertiary/aromatic N) is 3. The number of fused-ring (bicyclic) bond motifs is 3. The van der Waals surface area contributed by atoms with Gasteiger partial charge in [-0.25, -0.2) is 0 Å². The second kappa shape index (κ2) is 7.93. The van der Waals surface area contributed by atoms with Crippen LogP contribution in [-0.4, -0.2) is 64.3 Å². The minimum Gasteiger partial charge on any atom is -0.491 e. The van der Waals surface area contributed by atoms with Crippen molar-refractivity contribution in [2.24, 2.45) is 0 Å². The predicted molar refractivity (Wildman–Crippen MR) is 119 cm³/mol. The van der Waals surface area contributed by atoms with Gasteiger partial charge in [0.2, 0.25) is 0 Å². The first-order valence-corrected chi connectivity index (χ1v) is 11.5. The van der Waals surface area contributed by atoms with Gasteiger partial charge < -0.3 is 14.6 Å². The molecule has 1 unspecified atom stereocenters. The number of rotatable bonds is 7. The van der Waals surface area contributed by atoms with E-state index >= 15 is 0 Å². The number of likely N-dealkylation sites (tertiary alicyclic amines) is 1. The van der Waals surface area contributed by atoms with E-state index in [4.69, 9.17) is 9.47 Å². The third kappa shape index (κ3) is 4.20. The lowest BCUT2D eigenvalue weighted by molar-refractivity contribution is -0.0528. The van der Waals surface area contributed by atoms with Crippen LogP contribution in [0.5, 0.6) is 5.75 Å². The maximum atomic E-state index is 10.5. The molecule has 1 N–H and O–H groups in total. The molecule has 3 aliphatic rings. The monoisotopic (exact) mass is 419 g/mol. The van der Waals surface area contributed by atoms with E-state index in [2.05, 4.69) is 51.2 Å². The average Bonchev–Trinajstić information content (AvgIpc) is 3.41. The lowest BCUT2D eigenvalue weighted by atomic mass is 10.0. The number of hydrogen-bond donors (Lipinski definition) is 1. The molecule has 3 atom stereocenters. The number of aliphatic hydroxyl groups is 1. The highest BCUT2D eigenvalue weighted by atomic mass is 16.5. The lowest BCUT2D eigenvalue weighted by Gasteiger charge is -2.33. The Hall–Kier alpha value is -2.41. The van der Waals surface area contributed by atoms with Gasteiger partial charge in [-0.3, -0.25) is 9.58 Å². The van der Waals surface area contributed by atoms with Gasteiger partial charge in [0.05, 0.1) is 24.4 Å². The molecule has 0 spiro atoms. The van der Waals surface area contributed by atoms with Crippen LogP contribution in [0, 0.1) is 0 Å². The Kier molecular flexibility index (Phi) is 4.94. The van der Waals surface area contributed by atoms with E-state index in [1.807, 2.05) is 12.3 Å². The highest BCUT2D eigenvalue weighted by molar-refractivity contribution is 5.88.